The molecule has 4 unspecified atom stereocenters. The Bertz CT molecular complexity index is 423. The lowest BCUT2D eigenvalue weighted by Gasteiger charge is -2.38. The first kappa shape index (κ1) is 13.2. The molecular weight excluding hydrogens is 236 g/mol. The molecule has 0 aromatic rings. The van der Waals surface area contributed by atoms with Crippen molar-refractivity contribution in [3.8, 4) is 0 Å². The average molecular weight is 262 g/mol. The van der Waals surface area contributed by atoms with Gasteiger partial charge in [-0.1, -0.05) is 32.9 Å². The van der Waals surface area contributed by atoms with Crippen LogP contribution >= 0.6 is 0 Å². The summed E-state index contributed by atoms with van der Waals surface area (Å²) in [4.78, 5) is 12.3. The zero-order chi connectivity index (χ0) is 13.8. The molecule has 3 aliphatic rings. The highest BCUT2D eigenvalue weighted by atomic mass is 16.5. The molecule has 0 heterocycles. The Morgan fingerprint density at radius 3 is 2.53 bits per heavy atom. The molecule has 3 fully saturated rings. The van der Waals surface area contributed by atoms with Crippen LogP contribution in [0.4, 0.5) is 0 Å². The summed E-state index contributed by atoms with van der Waals surface area (Å²) in [5.41, 5.74) is 1.71. The number of hydrogen-bond donors (Lipinski definition) is 0. The molecule has 0 radical (unpaired) electrons. The van der Waals surface area contributed by atoms with Crippen LogP contribution in [0, 0.1) is 22.7 Å². The molecule has 2 bridgehead atoms. The van der Waals surface area contributed by atoms with Crippen LogP contribution in [0.1, 0.15) is 59.3 Å². The molecule has 4 atom stereocenters. The monoisotopic (exact) mass is 262 g/mol. The van der Waals surface area contributed by atoms with E-state index in [-0.39, 0.29) is 23.4 Å². The molecule has 3 rings (SSSR count). The van der Waals surface area contributed by atoms with Crippen LogP contribution < -0.4 is 0 Å². The Morgan fingerprint density at radius 2 is 2.05 bits per heavy atom. The zero-order valence-corrected chi connectivity index (χ0v) is 12.5. The molecule has 0 saturated heterocycles. The predicted octanol–water partition coefficient (Wildman–Crippen LogP) is 4.10. The molecule has 106 valence electrons. The highest BCUT2D eigenvalue weighted by Gasteiger charge is 2.63. The Balaban J connectivity index is 1.69. The molecule has 3 aliphatic carbocycles. The van der Waals surface area contributed by atoms with Gasteiger partial charge in [-0.05, 0) is 49.9 Å². The smallest absolute Gasteiger partial charge is 0.309 e. The molecule has 0 aromatic carbocycles. The normalized spacial score (nSPS) is 43.7. The molecule has 19 heavy (non-hydrogen) atoms. The van der Waals surface area contributed by atoms with Crippen LogP contribution in [0.3, 0.4) is 0 Å². The van der Waals surface area contributed by atoms with Crippen LogP contribution in [0.25, 0.3) is 0 Å². The first-order valence-corrected chi connectivity index (χ1v) is 7.72. The minimum atomic E-state index is 0.0354. The lowest BCUT2D eigenvalue weighted by molar-refractivity contribution is -0.161. The number of hydrogen-bond acceptors (Lipinski definition) is 2. The summed E-state index contributed by atoms with van der Waals surface area (Å²) in [5.74, 6) is 0.848. The summed E-state index contributed by atoms with van der Waals surface area (Å²) < 4.78 is 5.94. The lowest BCUT2D eigenvalue weighted by Crippen LogP contribution is -2.39. The fourth-order valence-electron chi connectivity index (χ4n) is 4.68. The number of fused-ring (bicyclic) bond motifs is 2. The van der Waals surface area contributed by atoms with Crippen LogP contribution in [-0.4, -0.2) is 12.1 Å². The van der Waals surface area contributed by atoms with Gasteiger partial charge in [-0.2, -0.15) is 0 Å². The van der Waals surface area contributed by atoms with Crippen molar-refractivity contribution in [2.75, 3.05) is 0 Å². The molecule has 0 aliphatic heterocycles. The molecule has 0 spiro atoms. The van der Waals surface area contributed by atoms with E-state index in [1.807, 2.05) is 0 Å². The second kappa shape index (κ2) is 4.10. The third kappa shape index (κ3) is 1.79. The minimum Gasteiger partial charge on any atom is -0.462 e. The zero-order valence-electron chi connectivity index (χ0n) is 12.5. The van der Waals surface area contributed by atoms with Crippen molar-refractivity contribution in [3.05, 3.63) is 12.2 Å². The Morgan fingerprint density at radius 1 is 1.32 bits per heavy atom. The summed E-state index contributed by atoms with van der Waals surface area (Å²) in [7, 11) is 0. The van der Waals surface area contributed by atoms with Gasteiger partial charge < -0.3 is 4.74 Å². The van der Waals surface area contributed by atoms with E-state index in [1.165, 1.54) is 18.4 Å². The van der Waals surface area contributed by atoms with Gasteiger partial charge in [-0.15, -0.1) is 0 Å². The van der Waals surface area contributed by atoms with E-state index in [2.05, 4.69) is 27.4 Å². The number of ether oxygens (including phenoxy) is 1. The first-order valence-electron chi connectivity index (χ1n) is 7.72. The Hall–Kier alpha value is -0.790. The van der Waals surface area contributed by atoms with Gasteiger partial charge in [0, 0.05) is 5.41 Å². The number of rotatable bonds is 2. The number of allylic oxidation sites excluding steroid dienone is 1. The molecule has 0 amide bonds. The summed E-state index contributed by atoms with van der Waals surface area (Å²) in [6.45, 7) is 11.0. The SMILES string of the molecule is C=C1CCC(C(=O)OC2CC3CCC2(C)C3(C)C)C1. The van der Waals surface area contributed by atoms with Gasteiger partial charge in [0.25, 0.3) is 0 Å². The van der Waals surface area contributed by atoms with Gasteiger partial charge in [0.05, 0.1) is 5.92 Å². The number of esters is 1. The third-order valence-corrected chi connectivity index (χ3v) is 6.69. The molecule has 0 N–H and O–H groups in total. The van der Waals surface area contributed by atoms with Gasteiger partial charge in [0.15, 0.2) is 0 Å². The van der Waals surface area contributed by atoms with Crippen molar-refractivity contribution in [1.29, 1.82) is 0 Å². The van der Waals surface area contributed by atoms with E-state index in [4.69, 9.17) is 4.74 Å². The van der Waals surface area contributed by atoms with Crippen LogP contribution in [-0.2, 0) is 9.53 Å². The Kier molecular flexibility index (Phi) is 2.85. The lowest BCUT2D eigenvalue weighted by atomic mass is 9.70. The van der Waals surface area contributed by atoms with Crippen molar-refractivity contribution < 1.29 is 9.53 Å². The Labute approximate surface area is 116 Å². The fourth-order valence-corrected chi connectivity index (χ4v) is 4.68. The topological polar surface area (TPSA) is 26.3 Å². The molecular formula is C17H26O2. The van der Waals surface area contributed by atoms with Crippen molar-refractivity contribution >= 4 is 5.97 Å². The first-order chi connectivity index (χ1) is 8.84. The third-order valence-electron chi connectivity index (χ3n) is 6.69. The second-order valence-corrected chi connectivity index (χ2v) is 7.73. The summed E-state index contributed by atoms with van der Waals surface area (Å²) in [6, 6.07) is 0. The number of carbonyl (C=O) groups is 1. The highest BCUT2D eigenvalue weighted by Crippen LogP contribution is 2.66. The van der Waals surface area contributed by atoms with Crippen molar-refractivity contribution in [3.63, 3.8) is 0 Å². The van der Waals surface area contributed by atoms with E-state index < -0.39 is 0 Å². The van der Waals surface area contributed by atoms with Gasteiger partial charge in [-0.3, -0.25) is 4.79 Å². The maximum atomic E-state index is 12.3. The van der Waals surface area contributed by atoms with Crippen molar-refractivity contribution in [1.82, 2.24) is 0 Å². The predicted molar refractivity (Wildman–Crippen MR) is 75.6 cm³/mol. The van der Waals surface area contributed by atoms with Crippen LogP contribution in [0.5, 0.6) is 0 Å². The summed E-state index contributed by atoms with van der Waals surface area (Å²) in [5, 5.41) is 0. The standard InChI is InChI=1S/C17H26O2/c1-11-5-6-12(9-11)15(18)19-14-10-13-7-8-17(14,4)16(13,2)3/h12-14H,1,5-10H2,2-4H3. The van der Waals surface area contributed by atoms with E-state index in [9.17, 15) is 4.79 Å². The van der Waals surface area contributed by atoms with Crippen LogP contribution in [0.2, 0.25) is 0 Å². The fraction of sp³-hybridized carbons (Fsp3) is 0.824. The van der Waals surface area contributed by atoms with E-state index in [1.54, 1.807) is 0 Å². The minimum absolute atomic E-state index is 0.0354. The molecule has 2 nitrogen and oxygen atoms in total. The maximum absolute atomic E-state index is 12.3. The quantitative estimate of drug-likeness (QED) is 0.553. The summed E-state index contributed by atoms with van der Waals surface area (Å²) in [6.07, 6.45) is 6.50. The van der Waals surface area contributed by atoms with Gasteiger partial charge in [0.1, 0.15) is 6.10 Å². The maximum Gasteiger partial charge on any atom is 0.309 e. The highest BCUT2D eigenvalue weighted by molar-refractivity contribution is 5.73. The van der Waals surface area contributed by atoms with E-state index in [0.29, 0.717) is 5.41 Å². The van der Waals surface area contributed by atoms with Crippen LogP contribution in [0.15, 0.2) is 12.2 Å². The average Bonchev–Trinajstić information content (AvgIpc) is 2.91. The van der Waals surface area contributed by atoms with Gasteiger partial charge >= 0.3 is 5.97 Å². The number of carbonyl (C=O) groups excluding carboxylic acids is 1. The van der Waals surface area contributed by atoms with E-state index in [0.717, 1.165) is 31.6 Å². The molecule has 2 heteroatoms. The van der Waals surface area contributed by atoms with Gasteiger partial charge in [0.2, 0.25) is 0 Å². The van der Waals surface area contributed by atoms with E-state index >= 15 is 0 Å². The van der Waals surface area contributed by atoms with Crippen molar-refractivity contribution in [2.45, 2.75) is 65.4 Å². The molecule has 3 saturated carbocycles. The summed E-state index contributed by atoms with van der Waals surface area (Å²) >= 11 is 0. The largest absolute Gasteiger partial charge is 0.462 e. The van der Waals surface area contributed by atoms with Crippen molar-refractivity contribution in [2.24, 2.45) is 22.7 Å². The van der Waals surface area contributed by atoms with Gasteiger partial charge in [-0.25, -0.2) is 0 Å². The second-order valence-electron chi connectivity index (χ2n) is 7.73. The molecule has 0 aromatic heterocycles.